The van der Waals surface area contributed by atoms with Crippen LogP contribution in [0.4, 0.5) is 19.0 Å². The zero-order chi connectivity index (χ0) is 17.2. The molecule has 0 aromatic carbocycles. The van der Waals surface area contributed by atoms with E-state index in [2.05, 4.69) is 31.0 Å². The van der Waals surface area contributed by atoms with Crippen molar-refractivity contribution in [2.45, 2.75) is 12.7 Å². The Balaban J connectivity index is 1.88. The van der Waals surface area contributed by atoms with Crippen LogP contribution in [0.5, 0.6) is 0 Å². The minimum atomic E-state index is -4.63. The number of nitrogens with one attached hydrogen (secondary N) is 3. The molecule has 126 valence electrons. The summed E-state index contributed by atoms with van der Waals surface area (Å²) in [5.41, 5.74) is 1.71. The highest BCUT2D eigenvalue weighted by Crippen LogP contribution is 2.34. The lowest BCUT2D eigenvalue weighted by molar-refractivity contribution is -0.137. The zero-order valence-corrected chi connectivity index (χ0v) is 12.0. The minimum absolute atomic E-state index is 0.00708. The van der Waals surface area contributed by atoms with Crippen LogP contribution in [0.3, 0.4) is 0 Å². The summed E-state index contributed by atoms with van der Waals surface area (Å²) in [6.45, 7) is -0.244. The van der Waals surface area contributed by atoms with Crippen molar-refractivity contribution in [1.82, 2.24) is 20.6 Å². The van der Waals surface area contributed by atoms with Gasteiger partial charge in [-0.25, -0.2) is 10.4 Å². The van der Waals surface area contributed by atoms with Gasteiger partial charge in [0.15, 0.2) is 6.61 Å². The number of hydrogen-bond donors (Lipinski definition) is 3. The van der Waals surface area contributed by atoms with Crippen molar-refractivity contribution < 1.29 is 22.7 Å². The number of carbonyl (C=O) groups excluding carboxylic acids is 1. The number of aromatic amines is 1. The molecule has 0 fully saturated rings. The molecule has 3 heterocycles. The first-order valence-electron chi connectivity index (χ1n) is 6.73. The molecule has 2 aromatic rings. The van der Waals surface area contributed by atoms with E-state index in [1.807, 2.05) is 0 Å². The Morgan fingerprint density at radius 3 is 2.83 bits per heavy atom. The third kappa shape index (κ3) is 3.45. The van der Waals surface area contributed by atoms with Crippen molar-refractivity contribution in [3.05, 3.63) is 41.3 Å². The molecule has 2 aromatic heterocycles. The summed E-state index contributed by atoms with van der Waals surface area (Å²) in [7, 11) is 0. The summed E-state index contributed by atoms with van der Waals surface area (Å²) < 4.78 is 44.8. The molecular weight excluding hydrogens is 329 g/mol. The molecule has 3 rings (SSSR count). The van der Waals surface area contributed by atoms with Gasteiger partial charge in [-0.2, -0.15) is 18.3 Å². The average molecular weight is 340 g/mol. The highest BCUT2D eigenvalue weighted by atomic mass is 19.4. The molecule has 0 unspecified atom stereocenters. The van der Waals surface area contributed by atoms with E-state index in [9.17, 15) is 18.0 Å². The van der Waals surface area contributed by atoms with Crippen LogP contribution >= 0.6 is 0 Å². The molecule has 24 heavy (non-hydrogen) atoms. The second-order valence-corrected chi connectivity index (χ2v) is 4.78. The van der Waals surface area contributed by atoms with E-state index in [-0.39, 0.29) is 30.4 Å². The SMILES string of the molecule is O=C1COC(c2cnc(NCc3cc[nH]n3)c(C(F)(F)F)c2)=NN1. The number of nitrogens with zero attached hydrogens (tertiary/aromatic N) is 3. The number of hydrogen-bond acceptors (Lipinski definition) is 6. The van der Waals surface area contributed by atoms with Crippen molar-refractivity contribution in [3.8, 4) is 0 Å². The van der Waals surface area contributed by atoms with Crippen LogP contribution in [-0.4, -0.2) is 33.6 Å². The Hall–Kier alpha value is -3.11. The maximum Gasteiger partial charge on any atom is 0.419 e. The van der Waals surface area contributed by atoms with Gasteiger partial charge in [-0.15, -0.1) is 5.10 Å². The summed E-state index contributed by atoms with van der Waals surface area (Å²) in [6.07, 6.45) is -1.89. The molecule has 0 saturated heterocycles. The molecule has 0 bridgehead atoms. The third-order valence-electron chi connectivity index (χ3n) is 3.06. The van der Waals surface area contributed by atoms with Crippen molar-refractivity contribution in [2.24, 2.45) is 5.10 Å². The third-order valence-corrected chi connectivity index (χ3v) is 3.06. The number of aromatic nitrogens is 3. The van der Waals surface area contributed by atoms with Gasteiger partial charge in [0.05, 0.1) is 23.4 Å². The minimum Gasteiger partial charge on any atom is -0.466 e. The van der Waals surface area contributed by atoms with Gasteiger partial charge < -0.3 is 10.1 Å². The summed E-state index contributed by atoms with van der Waals surface area (Å²) in [5, 5.41) is 12.6. The highest BCUT2D eigenvalue weighted by Gasteiger charge is 2.35. The standard InChI is InChI=1S/C13H11F3N6O2/c14-13(15,16)9-3-7(12-22-21-10(23)6-24-12)4-17-11(9)18-5-8-1-2-19-20-8/h1-4H,5-6H2,(H,17,18)(H,19,20)(H,21,23). The van der Waals surface area contributed by atoms with Crippen LogP contribution in [0.2, 0.25) is 0 Å². The fourth-order valence-electron chi connectivity index (χ4n) is 1.96. The highest BCUT2D eigenvalue weighted by molar-refractivity contribution is 5.98. The second-order valence-electron chi connectivity index (χ2n) is 4.78. The van der Waals surface area contributed by atoms with Gasteiger partial charge in [-0.1, -0.05) is 0 Å². The summed E-state index contributed by atoms with van der Waals surface area (Å²) in [4.78, 5) is 14.8. The average Bonchev–Trinajstić information content (AvgIpc) is 3.06. The molecule has 0 saturated carbocycles. The molecule has 8 nitrogen and oxygen atoms in total. The monoisotopic (exact) mass is 340 g/mol. The van der Waals surface area contributed by atoms with Crippen LogP contribution in [0.25, 0.3) is 0 Å². The van der Waals surface area contributed by atoms with Crippen LogP contribution in [0, 0.1) is 0 Å². The Kier molecular flexibility index (Phi) is 4.06. The normalized spacial score (nSPS) is 14.6. The van der Waals surface area contributed by atoms with Gasteiger partial charge >= 0.3 is 6.18 Å². The number of anilines is 1. The quantitative estimate of drug-likeness (QED) is 0.777. The number of hydrazone groups is 1. The smallest absolute Gasteiger partial charge is 0.419 e. The molecule has 0 radical (unpaired) electrons. The summed E-state index contributed by atoms with van der Waals surface area (Å²) >= 11 is 0. The predicted molar refractivity (Wildman–Crippen MR) is 75.8 cm³/mol. The van der Waals surface area contributed by atoms with E-state index >= 15 is 0 Å². The number of ether oxygens (including phenoxy) is 1. The van der Waals surface area contributed by atoms with Gasteiger partial charge in [-0.3, -0.25) is 9.89 Å². The topological polar surface area (TPSA) is 104 Å². The number of pyridine rings is 1. The van der Waals surface area contributed by atoms with E-state index < -0.39 is 17.6 Å². The number of rotatable bonds is 4. The lowest BCUT2D eigenvalue weighted by atomic mass is 10.1. The van der Waals surface area contributed by atoms with Crippen LogP contribution in [0.15, 0.2) is 29.6 Å². The lowest BCUT2D eigenvalue weighted by Crippen LogP contribution is -2.32. The first kappa shape index (κ1) is 15.8. The molecule has 1 aliphatic rings. The van der Waals surface area contributed by atoms with Crippen molar-refractivity contribution in [2.75, 3.05) is 11.9 Å². The Bertz CT molecular complexity index is 773. The van der Waals surface area contributed by atoms with E-state index in [0.29, 0.717) is 5.69 Å². The first-order chi connectivity index (χ1) is 11.4. The second kappa shape index (κ2) is 6.18. The van der Waals surface area contributed by atoms with Gasteiger partial charge in [0.25, 0.3) is 5.91 Å². The molecule has 0 atom stereocenters. The van der Waals surface area contributed by atoms with E-state index in [1.54, 1.807) is 12.3 Å². The fraction of sp³-hybridized carbons (Fsp3) is 0.231. The molecule has 3 N–H and O–H groups in total. The van der Waals surface area contributed by atoms with Crippen LogP contribution in [0.1, 0.15) is 16.8 Å². The molecule has 11 heteroatoms. The molecule has 0 spiro atoms. The molecule has 1 aliphatic heterocycles. The van der Waals surface area contributed by atoms with Gasteiger partial charge in [0, 0.05) is 12.4 Å². The number of alkyl halides is 3. The van der Waals surface area contributed by atoms with Crippen molar-refractivity contribution in [3.63, 3.8) is 0 Å². The Morgan fingerprint density at radius 1 is 1.38 bits per heavy atom. The van der Waals surface area contributed by atoms with Crippen molar-refractivity contribution >= 4 is 17.6 Å². The number of amides is 1. The fourth-order valence-corrected chi connectivity index (χ4v) is 1.96. The van der Waals surface area contributed by atoms with Gasteiger partial charge in [0.2, 0.25) is 5.90 Å². The number of halogens is 3. The maximum atomic E-state index is 13.3. The van der Waals surface area contributed by atoms with Crippen LogP contribution in [-0.2, 0) is 22.3 Å². The van der Waals surface area contributed by atoms with Gasteiger partial charge in [0.1, 0.15) is 5.82 Å². The van der Waals surface area contributed by atoms with Crippen molar-refractivity contribution in [1.29, 1.82) is 0 Å². The maximum absolute atomic E-state index is 13.3. The van der Waals surface area contributed by atoms with Crippen LogP contribution < -0.4 is 10.7 Å². The van der Waals surface area contributed by atoms with E-state index in [1.165, 1.54) is 6.20 Å². The summed E-state index contributed by atoms with van der Waals surface area (Å²) in [6, 6.07) is 2.48. The molecule has 1 amide bonds. The number of H-pyrrole nitrogens is 1. The molecular formula is C13H11F3N6O2. The Morgan fingerprint density at radius 2 is 2.21 bits per heavy atom. The first-order valence-corrected chi connectivity index (χ1v) is 6.73. The van der Waals surface area contributed by atoms with E-state index in [4.69, 9.17) is 4.74 Å². The van der Waals surface area contributed by atoms with Gasteiger partial charge in [-0.05, 0) is 12.1 Å². The largest absolute Gasteiger partial charge is 0.466 e. The van der Waals surface area contributed by atoms with E-state index in [0.717, 1.165) is 6.07 Å². The predicted octanol–water partition coefficient (Wildman–Crippen LogP) is 1.24. The Labute approximate surface area is 133 Å². The summed E-state index contributed by atoms with van der Waals surface area (Å²) in [5.74, 6) is -0.957. The molecule has 0 aliphatic carbocycles. The lowest BCUT2D eigenvalue weighted by Gasteiger charge is -2.17. The zero-order valence-electron chi connectivity index (χ0n) is 12.0. The number of carbonyl (C=O) groups is 1.